The fraction of sp³-hybridized carbons (Fsp3) is 0.385. The normalized spacial score (nSPS) is 18.7. The summed E-state index contributed by atoms with van der Waals surface area (Å²) in [7, 11) is 0. The van der Waals surface area contributed by atoms with Crippen molar-refractivity contribution >= 4 is 23.3 Å². The summed E-state index contributed by atoms with van der Waals surface area (Å²) in [5, 5.41) is 18.1. The van der Waals surface area contributed by atoms with Crippen LogP contribution < -0.4 is 4.90 Å². The Morgan fingerprint density at radius 2 is 2.39 bits per heavy atom. The number of nitriles is 1. The molecule has 0 amide bonds. The predicted molar refractivity (Wildman–Crippen MR) is 68.8 cm³/mol. The van der Waals surface area contributed by atoms with E-state index in [1.807, 2.05) is 12.1 Å². The molecular formula is C13H13ClN2O2. The van der Waals surface area contributed by atoms with Crippen molar-refractivity contribution in [1.29, 1.82) is 5.26 Å². The van der Waals surface area contributed by atoms with Crippen molar-refractivity contribution in [2.24, 2.45) is 0 Å². The van der Waals surface area contributed by atoms with Crippen molar-refractivity contribution in [3.63, 3.8) is 0 Å². The number of carboxylic acid groups (broad SMARTS) is 1. The van der Waals surface area contributed by atoms with Gasteiger partial charge < -0.3 is 10.0 Å². The molecule has 1 N–H and O–H groups in total. The molecule has 18 heavy (non-hydrogen) atoms. The highest BCUT2D eigenvalue weighted by atomic mass is 35.5. The first-order valence-corrected chi connectivity index (χ1v) is 6.17. The molecule has 1 aromatic carbocycles. The quantitative estimate of drug-likeness (QED) is 0.912. The second-order valence-electron chi connectivity index (χ2n) is 4.36. The standard InChI is InChI=1S/C13H13ClN2O2/c14-12-6-11(4-3-9(12)8-15)16-5-1-2-10(16)7-13(17)18/h3-4,6,10H,1-2,5,7H2,(H,17,18). The highest BCUT2D eigenvalue weighted by molar-refractivity contribution is 6.32. The van der Waals surface area contributed by atoms with Gasteiger partial charge in [-0.2, -0.15) is 5.26 Å². The van der Waals surface area contributed by atoms with Gasteiger partial charge in [-0.3, -0.25) is 4.79 Å². The summed E-state index contributed by atoms with van der Waals surface area (Å²) < 4.78 is 0. The maximum Gasteiger partial charge on any atom is 0.305 e. The van der Waals surface area contributed by atoms with Crippen LogP contribution in [-0.2, 0) is 4.79 Å². The Morgan fingerprint density at radius 1 is 1.61 bits per heavy atom. The lowest BCUT2D eigenvalue weighted by Crippen LogP contribution is -2.31. The van der Waals surface area contributed by atoms with Crippen LogP contribution >= 0.6 is 11.6 Å². The van der Waals surface area contributed by atoms with Crippen molar-refractivity contribution in [3.05, 3.63) is 28.8 Å². The third kappa shape index (κ3) is 2.57. The number of nitrogens with zero attached hydrogens (tertiary/aromatic N) is 2. The molecule has 94 valence electrons. The Hall–Kier alpha value is -1.73. The number of rotatable bonds is 3. The van der Waals surface area contributed by atoms with Gasteiger partial charge in [0.2, 0.25) is 0 Å². The summed E-state index contributed by atoms with van der Waals surface area (Å²) >= 11 is 6.00. The van der Waals surface area contributed by atoms with E-state index >= 15 is 0 Å². The maximum atomic E-state index is 10.8. The zero-order chi connectivity index (χ0) is 13.1. The highest BCUT2D eigenvalue weighted by Crippen LogP contribution is 2.30. The number of halogens is 1. The molecule has 1 aliphatic rings. The highest BCUT2D eigenvalue weighted by Gasteiger charge is 2.27. The van der Waals surface area contributed by atoms with Gasteiger partial charge in [0.1, 0.15) is 6.07 Å². The molecule has 5 heteroatoms. The van der Waals surface area contributed by atoms with Gasteiger partial charge >= 0.3 is 5.97 Å². The SMILES string of the molecule is N#Cc1ccc(N2CCCC2CC(=O)O)cc1Cl. The predicted octanol–water partition coefficient (Wildman–Crippen LogP) is 2.66. The molecule has 2 rings (SSSR count). The average molecular weight is 265 g/mol. The van der Waals surface area contributed by atoms with Crippen LogP contribution in [-0.4, -0.2) is 23.7 Å². The van der Waals surface area contributed by atoms with Gasteiger partial charge in [-0.1, -0.05) is 11.6 Å². The van der Waals surface area contributed by atoms with Crippen LogP contribution in [0.25, 0.3) is 0 Å². The van der Waals surface area contributed by atoms with E-state index in [2.05, 4.69) is 4.90 Å². The van der Waals surface area contributed by atoms with Crippen LogP contribution in [0.15, 0.2) is 18.2 Å². The summed E-state index contributed by atoms with van der Waals surface area (Å²) in [5.41, 5.74) is 1.33. The summed E-state index contributed by atoms with van der Waals surface area (Å²) in [5.74, 6) is -0.786. The molecule has 1 saturated heterocycles. The van der Waals surface area contributed by atoms with E-state index in [1.54, 1.807) is 12.1 Å². The molecule has 1 fully saturated rings. The molecule has 0 aliphatic carbocycles. The van der Waals surface area contributed by atoms with Crippen LogP contribution in [0.3, 0.4) is 0 Å². The molecule has 1 aromatic rings. The summed E-state index contributed by atoms with van der Waals surface area (Å²) in [6, 6.07) is 7.27. The fourth-order valence-electron chi connectivity index (χ4n) is 2.36. The maximum absolute atomic E-state index is 10.8. The Labute approximate surface area is 110 Å². The number of anilines is 1. The molecule has 0 bridgehead atoms. The van der Waals surface area contributed by atoms with Crippen molar-refractivity contribution in [3.8, 4) is 6.07 Å². The smallest absolute Gasteiger partial charge is 0.305 e. The first-order valence-electron chi connectivity index (χ1n) is 5.80. The van der Waals surface area contributed by atoms with Crippen LogP contribution in [0.5, 0.6) is 0 Å². The molecule has 1 aliphatic heterocycles. The number of benzene rings is 1. The molecule has 1 atom stereocenters. The van der Waals surface area contributed by atoms with E-state index in [0.29, 0.717) is 10.6 Å². The Balaban J connectivity index is 2.23. The van der Waals surface area contributed by atoms with Gasteiger partial charge in [-0.05, 0) is 31.0 Å². The van der Waals surface area contributed by atoms with Crippen molar-refractivity contribution in [2.75, 3.05) is 11.4 Å². The lowest BCUT2D eigenvalue weighted by Gasteiger charge is -2.26. The van der Waals surface area contributed by atoms with Gasteiger partial charge in [-0.15, -0.1) is 0 Å². The van der Waals surface area contributed by atoms with E-state index in [9.17, 15) is 4.79 Å². The zero-order valence-corrected chi connectivity index (χ0v) is 10.5. The average Bonchev–Trinajstić information content (AvgIpc) is 2.76. The Morgan fingerprint density at radius 3 is 3.00 bits per heavy atom. The third-order valence-electron chi connectivity index (χ3n) is 3.19. The molecular weight excluding hydrogens is 252 g/mol. The largest absolute Gasteiger partial charge is 0.481 e. The number of hydrogen-bond donors (Lipinski definition) is 1. The van der Waals surface area contributed by atoms with Gasteiger partial charge in [0, 0.05) is 18.3 Å². The van der Waals surface area contributed by atoms with E-state index in [4.69, 9.17) is 22.0 Å². The van der Waals surface area contributed by atoms with Crippen molar-refractivity contribution in [2.45, 2.75) is 25.3 Å². The molecule has 1 heterocycles. The van der Waals surface area contributed by atoms with Crippen molar-refractivity contribution in [1.82, 2.24) is 0 Å². The molecule has 0 saturated carbocycles. The first-order chi connectivity index (χ1) is 8.61. The minimum Gasteiger partial charge on any atom is -0.481 e. The van der Waals surface area contributed by atoms with Crippen molar-refractivity contribution < 1.29 is 9.90 Å². The zero-order valence-electron chi connectivity index (χ0n) is 9.77. The second-order valence-corrected chi connectivity index (χ2v) is 4.77. The fourth-order valence-corrected chi connectivity index (χ4v) is 2.58. The molecule has 4 nitrogen and oxygen atoms in total. The molecule has 0 aromatic heterocycles. The topological polar surface area (TPSA) is 64.3 Å². The van der Waals surface area contributed by atoms with Gasteiger partial charge in [-0.25, -0.2) is 0 Å². The number of carboxylic acids is 1. The van der Waals surface area contributed by atoms with Crippen LogP contribution in [0.1, 0.15) is 24.8 Å². The minimum absolute atomic E-state index is 0.0199. The number of hydrogen-bond acceptors (Lipinski definition) is 3. The van der Waals surface area contributed by atoms with E-state index < -0.39 is 5.97 Å². The molecule has 1 unspecified atom stereocenters. The minimum atomic E-state index is -0.786. The summed E-state index contributed by atoms with van der Waals surface area (Å²) in [4.78, 5) is 12.9. The van der Waals surface area contributed by atoms with Crippen LogP contribution in [0, 0.1) is 11.3 Å². The summed E-state index contributed by atoms with van der Waals surface area (Å²) in [6.07, 6.45) is 2.00. The van der Waals surface area contributed by atoms with E-state index in [-0.39, 0.29) is 12.5 Å². The van der Waals surface area contributed by atoms with Gasteiger partial charge in [0.15, 0.2) is 0 Å². The lowest BCUT2D eigenvalue weighted by atomic mass is 10.1. The van der Waals surface area contributed by atoms with Crippen LogP contribution in [0.2, 0.25) is 5.02 Å². The first kappa shape index (κ1) is 12.7. The Kier molecular flexibility index (Phi) is 3.73. The van der Waals surface area contributed by atoms with Gasteiger partial charge in [0.05, 0.1) is 17.0 Å². The van der Waals surface area contributed by atoms with E-state index in [0.717, 1.165) is 25.1 Å². The monoisotopic (exact) mass is 264 g/mol. The lowest BCUT2D eigenvalue weighted by molar-refractivity contribution is -0.137. The Bertz CT molecular complexity index is 510. The second kappa shape index (κ2) is 5.28. The third-order valence-corrected chi connectivity index (χ3v) is 3.50. The molecule has 0 spiro atoms. The van der Waals surface area contributed by atoms with Crippen LogP contribution in [0.4, 0.5) is 5.69 Å². The molecule has 0 radical (unpaired) electrons. The number of carbonyl (C=O) groups is 1. The van der Waals surface area contributed by atoms with E-state index in [1.165, 1.54) is 0 Å². The van der Waals surface area contributed by atoms with Gasteiger partial charge in [0.25, 0.3) is 0 Å². The summed E-state index contributed by atoms with van der Waals surface area (Å²) in [6.45, 7) is 0.834. The number of aliphatic carboxylic acids is 1.